The average Bonchev–Trinajstić information content (AvgIpc) is 2.78. The van der Waals surface area contributed by atoms with Gasteiger partial charge in [-0.05, 0) is 55.8 Å². The van der Waals surface area contributed by atoms with Gasteiger partial charge in [-0.25, -0.2) is 0 Å². The quantitative estimate of drug-likeness (QED) is 0.565. The molecule has 0 saturated carbocycles. The highest BCUT2D eigenvalue weighted by Crippen LogP contribution is 2.29. The molecule has 0 heterocycles. The molecule has 3 aromatic rings. The Bertz CT molecular complexity index is 1000. The molecule has 0 radical (unpaired) electrons. The fourth-order valence-electron chi connectivity index (χ4n) is 3.07. The van der Waals surface area contributed by atoms with E-state index in [9.17, 15) is 9.59 Å². The van der Waals surface area contributed by atoms with Crippen molar-refractivity contribution in [3.63, 3.8) is 0 Å². The summed E-state index contributed by atoms with van der Waals surface area (Å²) in [6.07, 6.45) is -0.776. The van der Waals surface area contributed by atoms with Gasteiger partial charge < -0.3 is 20.1 Å². The van der Waals surface area contributed by atoms with Gasteiger partial charge in [-0.15, -0.1) is 0 Å². The molecular weight excluding hydrogens is 392 g/mol. The molecule has 160 valence electrons. The van der Waals surface area contributed by atoms with Gasteiger partial charge in [0.05, 0.1) is 14.2 Å². The number of carbonyl (C=O) groups is 2. The first-order chi connectivity index (χ1) is 14.9. The molecule has 0 aliphatic carbocycles. The number of benzene rings is 3. The number of aryl methyl sites for hydroxylation is 2. The normalized spacial score (nSPS) is 10.5. The van der Waals surface area contributed by atoms with Crippen molar-refractivity contribution in [3.05, 3.63) is 94.5 Å². The minimum atomic E-state index is -0.776. The molecule has 3 aromatic carbocycles. The standard InChI is InChI=1S/C25H26N2O4/c1-16-5-9-18(10-6-16)24(28)26-23(20-13-14-21(30-3)22(15-20)31-4)27-25(29)19-11-7-17(2)8-12-19/h5-15,23H,1-4H3,(H,26,28)(H,27,29). The number of hydrogen-bond donors (Lipinski definition) is 2. The summed E-state index contributed by atoms with van der Waals surface area (Å²) >= 11 is 0. The van der Waals surface area contributed by atoms with Crippen LogP contribution in [0.25, 0.3) is 0 Å². The van der Waals surface area contributed by atoms with Crippen LogP contribution in [0, 0.1) is 13.8 Å². The smallest absolute Gasteiger partial charge is 0.253 e. The van der Waals surface area contributed by atoms with Gasteiger partial charge in [-0.1, -0.05) is 41.5 Å². The maximum Gasteiger partial charge on any atom is 0.253 e. The van der Waals surface area contributed by atoms with Crippen LogP contribution in [0.15, 0.2) is 66.7 Å². The first-order valence-electron chi connectivity index (χ1n) is 9.88. The van der Waals surface area contributed by atoms with Crippen LogP contribution in [0.2, 0.25) is 0 Å². The van der Waals surface area contributed by atoms with E-state index in [0.29, 0.717) is 28.2 Å². The molecule has 3 rings (SSSR count). The molecular formula is C25H26N2O4. The molecule has 0 aliphatic heterocycles. The Balaban J connectivity index is 1.90. The van der Waals surface area contributed by atoms with E-state index >= 15 is 0 Å². The predicted octanol–water partition coefficient (Wildman–Crippen LogP) is 4.18. The van der Waals surface area contributed by atoms with Gasteiger partial charge in [0.15, 0.2) is 11.5 Å². The van der Waals surface area contributed by atoms with Crippen molar-refractivity contribution in [2.45, 2.75) is 20.0 Å². The highest BCUT2D eigenvalue weighted by molar-refractivity contribution is 5.96. The molecule has 6 nitrogen and oxygen atoms in total. The molecule has 31 heavy (non-hydrogen) atoms. The second-order valence-corrected chi connectivity index (χ2v) is 7.23. The number of rotatable bonds is 7. The van der Waals surface area contributed by atoms with E-state index in [-0.39, 0.29) is 11.8 Å². The van der Waals surface area contributed by atoms with Crippen LogP contribution in [0.5, 0.6) is 11.5 Å². The third-order valence-electron chi connectivity index (χ3n) is 4.92. The van der Waals surface area contributed by atoms with E-state index in [1.54, 1.807) is 49.6 Å². The van der Waals surface area contributed by atoms with Crippen LogP contribution in [0.1, 0.15) is 43.6 Å². The topological polar surface area (TPSA) is 76.7 Å². The zero-order valence-electron chi connectivity index (χ0n) is 18.1. The predicted molar refractivity (Wildman–Crippen MR) is 120 cm³/mol. The van der Waals surface area contributed by atoms with Crippen LogP contribution < -0.4 is 20.1 Å². The first-order valence-corrected chi connectivity index (χ1v) is 9.88. The second kappa shape index (κ2) is 9.80. The Hall–Kier alpha value is -3.80. The number of amides is 2. The Morgan fingerprint density at radius 1 is 0.677 bits per heavy atom. The highest BCUT2D eigenvalue weighted by atomic mass is 16.5. The lowest BCUT2D eigenvalue weighted by molar-refractivity contribution is 0.0883. The summed E-state index contributed by atoms with van der Waals surface area (Å²) in [6, 6.07) is 19.7. The summed E-state index contributed by atoms with van der Waals surface area (Å²) in [7, 11) is 3.08. The van der Waals surface area contributed by atoms with E-state index in [2.05, 4.69) is 10.6 Å². The van der Waals surface area contributed by atoms with Crippen molar-refractivity contribution >= 4 is 11.8 Å². The van der Waals surface area contributed by atoms with E-state index in [1.807, 2.05) is 38.1 Å². The molecule has 0 aromatic heterocycles. The van der Waals surface area contributed by atoms with Crippen molar-refractivity contribution < 1.29 is 19.1 Å². The molecule has 0 saturated heterocycles. The number of nitrogens with one attached hydrogen (secondary N) is 2. The van der Waals surface area contributed by atoms with Crippen LogP contribution in [0.4, 0.5) is 0 Å². The van der Waals surface area contributed by atoms with E-state index in [0.717, 1.165) is 11.1 Å². The summed E-state index contributed by atoms with van der Waals surface area (Å²) in [5.41, 5.74) is 3.77. The van der Waals surface area contributed by atoms with Gasteiger partial charge >= 0.3 is 0 Å². The maximum atomic E-state index is 12.9. The third kappa shape index (κ3) is 5.42. The van der Waals surface area contributed by atoms with Gasteiger partial charge in [-0.3, -0.25) is 9.59 Å². The molecule has 0 atom stereocenters. The van der Waals surface area contributed by atoms with Crippen molar-refractivity contribution in [3.8, 4) is 11.5 Å². The van der Waals surface area contributed by atoms with E-state index in [4.69, 9.17) is 9.47 Å². The summed E-state index contributed by atoms with van der Waals surface area (Å²) in [5.74, 6) is 0.451. The molecule has 0 unspecified atom stereocenters. The minimum absolute atomic E-state index is 0.302. The lowest BCUT2D eigenvalue weighted by Crippen LogP contribution is -2.41. The molecule has 6 heteroatoms. The first kappa shape index (κ1) is 21.9. The van der Waals surface area contributed by atoms with Gasteiger partial charge in [0.2, 0.25) is 0 Å². The monoisotopic (exact) mass is 418 g/mol. The lowest BCUT2D eigenvalue weighted by Gasteiger charge is -2.22. The summed E-state index contributed by atoms with van der Waals surface area (Å²) < 4.78 is 10.7. The van der Waals surface area contributed by atoms with E-state index < -0.39 is 6.17 Å². The van der Waals surface area contributed by atoms with E-state index in [1.165, 1.54) is 7.11 Å². The molecule has 0 spiro atoms. The summed E-state index contributed by atoms with van der Waals surface area (Å²) in [5, 5.41) is 5.81. The Morgan fingerprint density at radius 2 is 1.13 bits per heavy atom. The number of hydrogen-bond acceptors (Lipinski definition) is 4. The highest BCUT2D eigenvalue weighted by Gasteiger charge is 2.20. The van der Waals surface area contributed by atoms with Crippen molar-refractivity contribution in [1.82, 2.24) is 10.6 Å². The number of carbonyl (C=O) groups excluding carboxylic acids is 2. The van der Waals surface area contributed by atoms with Crippen LogP contribution in [-0.2, 0) is 0 Å². The maximum absolute atomic E-state index is 12.9. The second-order valence-electron chi connectivity index (χ2n) is 7.23. The Labute approximate surface area is 182 Å². The zero-order chi connectivity index (χ0) is 22.4. The molecule has 0 aliphatic rings. The van der Waals surface area contributed by atoms with Crippen LogP contribution in [0.3, 0.4) is 0 Å². The van der Waals surface area contributed by atoms with Crippen molar-refractivity contribution in [2.24, 2.45) is 0 Å². The largest absolute Gasteiger partial charge is 0.493 e. The third-order valence-corrected chi connectivity index (χ3v) is 4.92. The van der Waals surface area contributed by atoms with Gasteiger partial charge in [0.1, 0.15) is 6.17 Å². The Morgan fingerprint density at radius 3 is 1.55 bits per heavy atom. The van der Waals surface area contributed by atoms with Crippen molar-refractivity contribution in [2.75, 3.05) is 14.2 Å². The SMILES string of the molecule is COc1ccc(C(NC(=O)c2ccc(C)cc2)NC(=O)c2ccc(C)cc2)cc1OC. The number of ether oxygens (including phenoxy) is 2. The summed E-state index contributed by atoms with van der Waals surface area (Å²) in [6.45, 7) is 3.91. The van der Waals surface area contributed by atoms with Crippen molar-refractivity contribution in [1.29, 1.82) is 0 Å². The van der Waals surface area contributed by atoms with Gasteiger partial charge in [-0.2, -0.15) is 0 Å². The fraction of sp³-hybridized carbons (Fsp3) is 0.200. The fourth-order valence-corrected chi connectivity index (χ4v) is 3.07. The molecule has 2 N–H and O–H groups in total. The lowest BCUT2D eigenvalue weighted by atomic mass is 10.1. The summed E-state index contributed by atoms with van der Waals surface area (Å²) in [4.78, 5) is 25.7. The number of methoxy groups -OCH3 is 2. The van der Waals surface area contributed by atoms with Gasteiger partial charge in [0, 0.05) is 11.1 Å². The molecule has 0 bridgehead atoms. The van der Waals surface area contributed by atoms with Crippen LogP contribution in [-0.4, -0.2) is 26.0 Å². The van der Waals surface area contributed by atoms with Gasteiger partial charge in [0.25, 0.3) is 11.8 Å². The molecule has 2 amide bonds. The Kier molecular flexibility index (Phi) is 6.92. The average molecular weight is 418 g/mol. The zero-order valence-corrected chi connectivity index (χ0v) is 18.1. The van der Waals surface area contributed by atoms with Crippen LogP contribution >= 0.6 is 0 Å². The molecule has 0 fully saturated rings. The minimum Gasteiger partial charge on any atom is -0.493 e.